The summed E-state index contributed by atoms with van der Waals surface area (Å²) in [4.78, 5) is 28.2. The lowest BCUT2D eigenvalue weighted by Crippen LogP contribution is -2.33. The Labute approximate surface area is 183 Å². The summed E-state index contributed by atoms with van der Waals surface area (Å²) in [7, 11) is 1.53. The van der Waals surface area contributed by atoms with Gasteiger partial charge >= 0.3 is 0 Å². The van der Waals surface area contributed by atoms with Crippen molar-refractivity contribution in [3.05, 3.63) is 94.5 Å². The fraction of sp³-hybridized carbons (Fsp3) is 0.167. The number of halogens is 1. The SMILES string of the molecule is COc1ccccc1C1=C(SCc2ccco2)C(=O)N(CCc2ccc(F)cc2)C1=O. The van der Waals surface area contributed by atoms with Gasteiger partial charge in [0, 0.05) is 12.1 Å². The van der Waals surface area contributed by atoms with Gasteiger partial charge in [-0.2, -0.15) is 0 Å². The number of hydrogen-bond donors (Lipinski definition) is 0. The topological polar surface area (TPSA) is 59.8 Å². The summed E-state index contributed by atoms with van der Waals surface area (Å²) >= 11 is 1.27. The molecule has 2 heterocycles. The lowest BCUT2D eigenvalue weighted by molar-refractivity contribution is -0.136. The highest BCUT2D eigenvalue weighted by molar-refractivity contribution is 8.03. The zero-order valence-corrected chi connectivity index (χ0v) is 17.7. The van der Waals surface area contributed by atoms with Gasteiger partial charge in [-0.3, -0.25) is 14.5 Å². The van der Waals surface area contributed by atoms with Gasteiger partial charge in [0.2, 0.25) is 0 Å². The highest BCUT2D eigenvalue weighted by Crippen LogP contribution is 2.40. The molecule has 0 saturated carbocycles. The van der Waals surface area contributed by atoms with Crippen molar-refractivity contribution in [2.75, 3.05) is 13.7 Å². The van der Waals surface area contributed by atoms with Crippen LogP contribution in [0.1, 0.15) is 16.9 Å². The molecule has 1 aromatic heterocycles. The third-order valence-corrected chi connectivity index (χ3v) is 6.07. The van der Waals surface area contributed by atoms with Crippen LogP contribution in [0.5, 0.6) is 5.75 Å². The number of imide groups is 1. The summed E-state index contributed by atoms with van der Waals surface area (Å²) in [5, 5.41) is 0. The van der Waals surface area contributed by atoms with Crippen LogP contribution in [0, 0.1) is 5.82 Å². The first-order valence-corrected chi connectivity index (χ1v) is 10.7. The van der Waals surface area contributed by atoms with E-state index in [1.807, 2.05) is 12.1 Å². The quantitative estimate of drug-likeness (QED) is 0.479. The van der Waals surface area contributed by atoms with Crippen molar-refractivity contribution < 1.29 is 23.1 Å². The third-order valence-electron chi connectivity index (χ3n) is 4.98. The van der Waals surface area contributed by atoms with Gasteiger partial charge in [-0.15, -0.1) is 11.8 Å². The minimum atomic E-state index is -0.362. The molecule has 0 atom stereocenters. The number of benzene rings is 2. The molecule has 31 heavy (non-hydrogen) atoms. The first kappa shape index (κ1) is 20.9. The molecule has 5 nitrogen and oxygen atoms in total. The first-order valence-electron chi connectivity index (χ1n) is 9.72. The van der Waals surface area contributed by atoms with E-state index < -0.39 is 0 Å². The maximum Gasteiger partial charge on any atom is 0.268 e. The molecule has 3 aromatic rings. The largest absolute Gasteiger partial charge is 0.496 e. The van der Waals surface area contributed by atoms with Gasteiger partial charge in [0.05, 0.1) is 29.6 Å². The van der Waals surface area contributed by atoms with E-state index in [4.69, 9.17) is 9.15 Å². The molecule has 0 saturated heterocycles. The predicted molar refractivity (Wildman–Crippen MR) is 117 cm³/mol. The standard InChI is InChI=1S/C24H20FNO4S/c1-29-20-7-3-2-6-19(20)21-22(31-15-18-5-4-14-30-18)24(28)26(23(21)27)13-12-16-8-10-17(25)11-9-16/h2-11,14H,12-13,15H2,1H3. The molecule has 7 heteroatoms. The molecule has 2 amide bonds. The number of hydrogen-bond acceptors (Lipinski definition) is 5. The molecule has 1 aliphatic rings. The summed E-state index contributed by atoms with van der Waals surface area (Å²) in [6.07, 6.45) is 2.01. The van der Waals surface area contributed by atoms with Crippen molar-refractivity contribution in [2.24, 2.45) is 0 Å². The van der Waals surface area contributed by atoms with E-state index in [2.05, 4.69) is 0 Å². The second-order valence-corrected chi connectivity index (χ2v) is 7.90. The number of carbonyl (C=O) groups is 2. The normalized spacial score (nSPS) is 13.9. The number of nitrogens with zero attached hydrogens (tertiary/aromatic N) is 1. The monoisotopic (exact) mass is 437 g/mol. The molecule has 0 bridgehead atoms. The van der Waals surface area contributed by atoms with Crippen molar-refractivity contribution in [3.8, 4) is 5.75 Å². The van der Waals surface area contributed by atoms with Gasteiger partial charge in [0.15, 0.2) is 0 Å². The second kappa shape index (κ2) is 9.22. The molecule has 0 aliphatic carbocycles. The number of carbonyl (C=O) groups excluding carboxylic acids is 2. The Bertz CT molecular complexity index is 1120. The Morgan fingerprint density at radius 2 is 1.77 bits per heavy atom. The van der Waals surface area contributed by atoms with Crippen LogP contribution in [0.3, 0.4) is 0 Å². The van der Waals surface area contributed by atoms with Crippen LogP contribution < -0.4 is 4.74 Å². The molecule has 4 rings (SSSR count). The Balaban J connectivity index is 1.63. The lowest BCUT2D eigenvalue weighted by atomic mass is 10.0. The van der Waals surface area contributed by atoms with Crippen molar-refractivity contribution >= 4 is 29.1 Å². The second-order valence-electron chi connectivity index (χ2n) is 6.91. The van der Waals surface area contributed by atoms with Gasteiger partial charge in [0.1, 0.15) is 17.3 Å². The van der Waals surface area contributed by atoms with Gasteiger partial charge in [-0.25, -0.2) is 4.39 Å². The van der Waals surface area contributed by atoms with Crippen LogP contribution in [0.2, 0.25) is 0 Å². The molecule has 0 radical (unpaired) electrons. The fourth-order valence-electron chi connectivity index (χ4n) is 3.41. The van der Waals surface area contributed by atoms with Gasteiger partial charge in [0.25, 0.3) is 11.8 Å². The average molecular weight is 437 g/mol. The van der Waals surface area contributed by atoms with Crippen LogP contribution >= 0.6 is 11.8 Å². The van der Waals surface area contributed by atoms with E-state index in [0.29, 0.717) is 39.7 Å². The molecular formula is C24H20FNO4S. The van der Waals surface area contributed by atoms with Gasteiger partial charge < -0.3 is 9.15 Å². The van der Waals surface area contributed by atoms with E-state index in [0.717, 1.165) is 5.56 Å². The minimum Gasteiger partial charge on any atom is -0.496 e. The number of amides is 2. The van der Waals surface area contributed by atoms with Gasteiger partial charge in [-0.05, 0) is 42.3 Å². The van der Waals surface area contributed by atoms with Crippen LogP contribution in [0.25, 0.3) is 5.57 Å². The molecular weight excluding hydrogens is 417 g/mol. The number of rotatable bonds is 8. The smallest absolute Gasteiger partial charge is 0.268 e. The summed E-state index contributed by atoms with van der Waals surface area (Å²) in [5.74, 6) is 0.625. The van der Waals surface area contributed by atoms with Crippen LogP contribution in [-0.2, 0) is 21.8 Å². The van der Waals surface area contributed by atoms with Crippen molar-refractivity contribution in [3.63, 3.8) is 0 Å². The maximum atomic E-state index is 13.3. The summed E-state index contributed by atoms with van der Waals surface area (Å²) in [5.41, 5.74) is 1.75. The zero-order chi connectivity index (χ0) is 21.8. The van der Waals surface area contributed by atoms with Crippen molar-refractivity contribution in [2.45, 2.75) is 12.2 Å². The molecule has 0 fully saturated rings. The number of para-hydroxylation sites is 1. The molecule has 158 valence electrons. The summed E-state index contributed by atoms with van der Waals surface area (Å²) in [6.45, 7) is 0.201. The first-order chi connectivity index (χ1) is 15.1. The van der Waals surface area contributed by atoms with E-state index in [9.17, 15) is 14.0 Å². The van der Waals surface area contributed by atoms with Crippen LogP contribution in [-0.4, -0.2) is 30.4 Å². The van der Waals surface area contributed by atoms with E-state index in [-0.39, 0.29) is 24.2 Å². The highest BCUT2D eigenvalue weighted by Gasteiger charge is 2.40. The minimum absolute atomic E-state index is 0.201. The Hall–Kier alpha value is -3.32. The number of thioether (sulfide) groups is 1. The molecule has 1 aliphatic heterocycles. The van der Waals surface area contributed by atoms with E-state index in [1.54, 1.807) is 42.7 Å². The maximum absolute atomic E-state index is 13.3. The number of ether oxygens (including phenoxy) is 1. The third kappa shape index (κ3) is 4.41. The molecule has 0 unspecified atom stereocenters. The number of furan rings is 1. The lowest BCUT2D eigenvalue weighted by Gasteiger charge is -2.15. The fourth-order valence-corrected chi connectivity index (χ4v) is 4.44. The zero-order valence-electron chi connectivity index (χ0n) is 16.8. The van der Waals surface area contributed by atoms with E-state index in [1.165, 1.54) is 35.9 Å². The van der Waals surface area contributed by atoms with Crippen molar-refractivity contribution in [1.82, 2.24) is 4.90 Å². The Morgan fingerprint density at radius 1 is 1.00 bits per heavy atom. The molecule has 0 spiro atoms. The van der Waals surface area contributed by atoms with Crippen LogP contribution in [0.4, 0.5) is 4.39 Å². The Kier molecular flexibility index (Phi) is 6.23. The molecule has 0 N–H and O–H groups in total. The van der Waals surface area contributed by atoms with Crippen molar-refractivity contribution in [1.29, 1.82) is 0 Å². The summed E-state index contributed by atoms with van der Waals surface area (Å²) < 4.78 is 24.0. The van der Waals surface area contributed by atoms with Gasteiger partial charge in [-0.1, -0.05) is 30.3 Å². The number of methoxy groups -OCH3 is 1. The summed E-state index contributed by atoms with van der Waals surface area (Å²) in [6, 6.07) is 16.8. The highest BCUT2D eigenvalue weighted by atomic mass is 32.2. The molecule has 2 aromatic carbocycles. The Morgan fingerprint density at radius 3 is 2.48 bits per heavy atom. The average Bonchev–Trinajstić information content (AvgIpc) is 3.38. The van der Waals surface area contributed by atoms with E-state index >= 15 is 0 Å². The van der Waals surface area contributed by atoms with Crippen LogP contribution in [0.15, 0.2) is 76.2 Å². The predicted octanol–water partition coefficient (Wildman–Crippen LogP) is 4.68.